The number of hydrogen-bond donors (Lipinski definition) is 2. The average molecular weight is 566 g/mol. The zero-order valence-electron chi connectivity index (χ0n) is 21.5. The first-order valence-corrected chi connectivity index (χ1v) is 14.1. The molecule has 3 aliphatic rings. The fourth-order valence-electron chi connectivity index (χ4n) is 5.75. The molecule has 0 fully saturated rings. The Morgan fingerprint density at radius 1 is 0.683 bits per heavy atom. The Labute approximate surface area is 238 Å². The second-order valence-electron chi connectivity index (χ2n) is 10.2. The van der Waals surface area contributed by atoms with Gasteiger partial charge in [0.15, 0.2) is 0 Å². The van der Waals surface area contributed by atoms with Gasteiger partial charge >= 0.3 is 11.9 Å². The number of pyridine rings is 1. The number of thiophene rings is 1. The Balaban J connectivity index is 1.28. The molecule has 4 bridgehead atoms. The molecular formula is C31H23N3O6S. The van der Waals surface area contributed by atoms with E-state index in [2.05, 4.69) is 15.6 Å². The maximum atomic E-state index is 13.4. The topological polar surface area (TPSA) is 124 Å². The lowest BCUT2D eigenvalue weighted by Crippen LogP contribution is -2.38. The number of rotatable bonds is 0. The van der Waals surface area contributed by atoms with Crippen molar-refractivity contribution in [1.82, 2.24) is 15.6 Å². The molecule has 4 aromatic rings. The molecule has 0 saturated carbocycles. The van der Waals surface area contributed by atoms with Gasteiger partial charge in [0.25, 0.3) is 11.8 Å². The molecule has 9 nitrogen and oxygen atoms in total. The van der Waals surface area contributed by atoms with Gasteiger partial charge in [-0.25, -0.2) is 14.6 Å². The highest BCUT2D eigenvalue weighted by Gasteiger charge is 2.39. The third kappa shape index (κ3) is 4.55. The zero-order valence-corrected chi connectivity index (χ0v) is 22.4. The molecule has 41 heavy (non-hydrogen) atoms. The van der Waals surface area contributed by atoms with Gasteiger partial charge in [-0.15, -0.1) is 11.3 Å². The van der Waals surface area contributed by atoms with E-state index in [-0.39, 0.29) is 21.8 Å². The van der Waals surface area contributed by atoms with Gasteiger partial charge < -0.3 is 20.1 Å². The number of esters is 2. The maximum Gasteiger partial charge on any atom is 0.348 e. The van der Waals surface area contributed by atoms with Crippen LogP contribution in [0.15, 0.2) is 78.2 Å². The molecule has 2 unspecified atom stereocenters. The Morgan fingerprint density at radius 3 is 1.80 bits per heavy atom. The Hall–Kier alpha value is -4.83. The van der Waals surface area contributed by atoms with Gasteiger partial charge in [0.1, 0.15) is 28.5 Å². The molecular weight excluding hydrogens is 542 g/mol. The minimum Gasteiger partial charge on any atom is -0.456 e. The first-order valence-electron chi connectivity index (χ1n) is 13.2. The number of ether oxygens (including phenoxy) is 2. The molecule has 1 aliphatic heterocycles. The number of nitrogens with one attached hydrogen (secondary N) is 2. The molecule has 4 atom stereocenters. The van der Waals surface area contributed by atoms with Crippen molar-refractivity contribution in [2.24, 2.45) is 0 Å². The fraction of sp³-hybridized carbons (Fsp3) is 0.194. The Morgan fingerprint density at radius 2 is 1.22 bits per heavy atom. The van der Waals surface area contributed by atoms with Crippen LogP contribution in [0.25, 0.3) is 0 Å². The lowest BCUT2D eigenvalue weighted by Gasteiger charge is -2.23. The summed E-state index contributed by atoms with van der Waals surface area (Å²) in [6.07, 6.45) is -0.537. The van der Waals surface area contributed by atoms with E-state index in [1.165, 1.54) is 18.2 Å². The van der Waals surface area contributed by atoms with Crippen LogP contribution < -0.4 is 10.6 Å². The van der Waals surface area contributed by atoms with Gasteiger partial charge in [-0.2, -0.15) is 0 Å². The number of hydrogen-bond acceptors (Lipinski definition) is 8. The van der Waals surface area contributed by atoms with Crippen molar-refractivity contribution in [2.45, 2.75) is 37.1 Å². The van der Waals surface area contributed by atoms with Crippen LogP contribution in [-0.2, 0) is 22.3 Å². The normalized spacial score (nSPS) is 23.4. The predicted molar refractivity (Wildman–Crippen MR) is 148 cm³/mol. The molecule has 2 aromatic heterocycles. The van der Waals surface area contributed by atoms with Crippen molar-refractivity contribution < 1.29 is 28.7 Å². The standard InChI is InChI=1S/C31H23N3O6S/c35-28-21-10-5-11-22(32-21)29(36)34-27-20-9-4-2-7-17(20)13-24(27)40-31(38)25-14-18(15-41-25)30(37)39-23-12-16-6-1-3-8-19(16)26(23)33-28/h1-11,14-15,23-24,26-27H,12-13H2,(H,33,35)(H,34,36)/t23?,24?,26-,27-/m1/s1. The largest absolute Gasteiger partial charge is 0.456 e. The monoisotopic (exact) mass is 565 g/mol. The summed E-state index contributed by atoms with van der Waals surface area (Å²) in [7, 11) is 0. The van der Waals surface area contributed by atoms with Crippen molar-refractivity contribution in [3.8, 4) is 0 Å². The molecule has 7 rings (SSSR count). The SMILES string of the molecule is O=C1OC2Cc3ccccc3[C@H]2NC(=O)c2cccc(n2)C(=O)N[C@@H]2c3ccccc3CC2OC(=O)c2cc1cs2. The van der Waals surface area contributed by atoms with E-state index in [1.54, 1.807) is 11.4 Å². The highest BCUT2D eigenvalue weighted by molar-refractivity contribution is 7.12. The second kappa shape index (κ2) is 9.97. The first kappa shape index (κ1) is 25.2. The summed E-state index contributed by atoms with van der Waals surface area (Å²) in [4.78, 5) is 57.7. The average Bonchev–Trinajstić information content (AvgIpc) is 3.70. The van der Waals surface area contributed by atoms with Crippen LogP contribution in [0, 0.1) is 0 Å². The summed E-state index contributed by atoms with van der Waals surface area (Å²) in [5.41, 5.74) is 3.88. The molecule has 3 heterocycles. The summed E-state index contributed by atoms with van der Waals surface area (Å²) in [5.74, 6) is -2.19. The van der Waals surface area contributed by atoms with Crippen LogP contribution in [-0.4, -0.2) is 40.9 Å². The van der Waals surface area contributed by atoms with Crippen LogP contribution in [0.4, 0.5) is 0 Å². The third-order valence-electron chi connectivity index (χ3n) is 7.71. The molecule has 2 aromatic carbocycles. The number of amides is 2. The van der Waals surface area contributed by atoms with Crippen molar-refractivity contribution in [3.63, 3.8) is 0 Å². The summed E-state index contributed by atoms with van der Waals surface area (Å²) in [6.45, 7) is 0. The fourth-order valence-corrected chi connectivity index (χ4v) is 6.50. The van der Waals surface area contributed by atoms with E-state index in [0.29, 0.717) is 12.8 Å². The van der Waals surface area contributed by atoms with Crippen molar-refractivity contribution in [3.05, 3.63) is 122 Å². The number of aromatic nitrogens is 1. The van der Waals surface area contributed by atoms with Crippen LogP contribution in [0.5, 0.6) is 0 Å². The highest BCUT2D eigenvalue weighted by atomic mass is 32.1. The summed E-state index contributed by atoms with van der Waals surface area (Å²) in [5, 5.41) is 7.48. The van der Waals surface area contributed by atoms with E-state index in [9.17, 15) is 19.2 Å². The van der Waals surface area contributed by atoms with Gasteiger partial charge in [0.2, 0.25) is 0 Å². The van der Waals surface area contributed by atoms with Crippen molar-refractivity contribution in [1.29, 1.82) is 0 Å². The molecule has 0 radical (unpaired) electrons. The van der Waals surface area contributed by atoms with Gasteiger partial charge in [-0.3, -0.25) is 9.59 Å². The van der Waals surface area contributed by atoms with Gasteiger partial charge in [0.05, 0.1) is 17.6 Å². The molecule has 10 heteroatoms. The highest BCUT2D eigenvalue weighted by Crippen LogP contribution is 2.36. The van der Waals surface area contributed by atoms with Crippen LogP contribution in [0.2, 0.25) is 0 Å². The third-order valence-corrected chi connectivity index (χ3v) is 8.62. The zero-order chi connectivity index (χ0) is 28.1. The van der Waals surface area contributed by atoms with Crippen molar-refractivity contribution in [2.75, 3.05) is 0 Å². The Kier molecular flexibility index (Phi) is 6.12. The second-order valence-corrected chi connectivity index (χ2v) is 11.1. The molecule has 0 spiro atoms. The summed E-state index contributed by atoms with van der Waals surface area (Å²) < 4.78 is 11.8. The van der Waals surface area contributed by atoms with E-state index in [4.69, 9.17) is 9.47 Å². The number of fused-ring (bicyclic) bond motifs is 10. The number of carbonyl (C=O) groups excluding carboxylic acids is 4. The van der Waals surface area contributed by atoms with E-state index in [0.717, 1.165) is 33.6 Å². The summed E-state index contributed by atoms with van der Waals surface area (Å²) >= 11 is 1.08. The Bertz CT molecular complexity index is 1610. The minimum atomic E-state index is -0.678. The molecule has 2 amide bonds. The number of carbonyl (C=O) groups is 4. The molecule has 204 valence electrons. The lowest BCUT2D eigenvalue weighted by atomic mass is 10.1. The smallest absolute Gasteiger partial charge is 0.348 e. The van der Waals surface area contributed by atoms with Gasteiger partial charge in [-0.1, -0.05) is 54.6 Å². The van der Waals surface area contributed by atoms with Crippen molar-refractivity contribution >= 4 is 35.1 Å². The lowest BCUT2D eigenvalue weighted by molar-refractivity contribution is 0.0229. The van der Waals surface area contributed by atoms with Crippen LogP contribution in [0.3, 0.4) is 0 Å². The summed E-state index contributed by atoms with van der Waals surface area (Å²) in [6, 6.07) is 19.9. The number of benzene rings is 2. The number of nitrogens with zero attached hydrogens (tertiary/aromatic N) is 1. The predicted octanol–water partition coefficient (Wildman–Crippen LogP) is 3.96. The maximum absolute atomic E-state index is 13.4. The van der Waals surface area contributed by atoms with E-state index >= 15 is 0 Å². The quantitative estimate of drug-likeness (QED) is 0.309. The van der Waals surface area contributed by atoms with E-state index in [1.807, 2.05) is 48.5 Å². The first-order chi connectivity index (χ1) is 19.9. The van der Waals surface area contributed by atoms with Gasteiger partial charge in [0, 0.05) is 18.2 Å². The molecule has 2 N–H and O–H groups in total. The van der Waals surface area contributed by atoms with E-state index < -0.39 is 48.0 Å². The molecule has 2 aliphatic carbocycles. The van der Waals surface area contributed by atoms with Gasteiger partial charge in [-0.05, 0) is 40.5 Å². The minimum absolute atomic E-state index is 0.0468. The van der Waals surface area contributed by atoms with Crippen LogP contribution >= 0.6 is 11.3 Å². The molecule has 0 saturated heterocycles. The van der Waals surface area contributed by atoms with Crippen LogP contribution in [0.1, 0.15) is 75.3 Å².